The molecule has 1 aliphatic rings. The highest BCUT2D eigenvalue weighted by molar-refractivity contribution is 9.11. The van der Waals surface area contributed by atoms with Gasteiger partial charge >= 0.3 is 0 Å². The molecule has 18 heavy (non-hydrogen) atoms. The van der Waals surface area contributed by atoms with Gasteiger partial charge in [-0.25, -0.2) is 0 Å². The zero-order valence-electron chi connectivity index (χ0n) is 11.1. The van der Waals surface area contributed by atoms with E-state index in [4.69, 9.17) is 0 Å². The van der Waals surface area contributed by atoms with Crippen molar-refractivity contribution in [1.82, 2.24) is 10.2 Å². The standard InChI is InChI=1S/C14H23BrN2S/c1-2-8-16-12-5-9-17(10-6-12)11-7-13-3-4-14(15)18-13/h3-4,12,16H,2,5-11H2,1H3. The van der Waals surface area contributed by atoms with Crippen LogP contribution in [0.3, 0.4) is 0 Å². The minimum atomic E-state index is 0.761. The van der Waals surface area contributed by atoms with Crippen LogP contribution in [0.15, 0.2) is 15.9 Å². The van der Waals surface area contributed by atoms with E-state index in [-0.39, 0.29) is 0 Å². The second-order valence-corrected chi connectivity index (χ2v) is 7.57. The maximum Gasteiger partial charge on any atom is 0.0701 e. The van der Waals surface area contributed by atoms with E-state index in [2.05, 4.69) is 45.2 Å². The monoisotopic (exact) mass is 330 g/mol. The summed E-state index contributed by atoms with van der Waals surface area (Å²) in [5.74, 6) is 0. The topological polar surface area (TPSA) is 15.3 Å². The Kier molecular flexibility index (Phi) is 6.15. The zero-order chi connectivity index (χ0) is 12.8. The van der Waals surface area contributed by atoms with E-state index in [0.29, 0.717) is 0 Å². The molecule has 102 valence electrons. The Bertz CT molecular complexity index is 345. The zero-order valence-corrected chi connectivity index (χ0v) is 13.5. The molecule has 0 unspecified atom stereocenters. The number of thiophene rings is 1. The summed E-state index contributed by atoms with van der Waals surface area (Å²) in [6.07, 6.45) is 5.07. The summed E-state index contributed by atoms with van der Waals surface area (Å²) in [6, 6.07) is 5.16. The third-order valence-corrected chi connectivity index (χ3v) is 5.26. The van der Waals surface area contributed by atoms with Crippen LogP contribution in [0, 0.1) is 0 Å². The van der Waals surface area contributed by atoms with E-state index in [9.17, 15) is 0 Å². The molecule has 0 aromatic carbocycles. The molecule has 0 spiro atoms. The lowest BCUT2D eigenvalue weighted by Gasteiger charge is -2.32. The molecule has 1 saturated heterocycles. The Morgan fingerprint density at radius 2 is 2.17 bits per heavy atom. The molecule has 2 nitrogen and oxygen atoms in total. The minimum absolute atomic E-state index is 0.761. The molecular weight excluding hydrogens is 308 g/mol. The second kappa shape index (κ2) is 7.63. The number of piperidine rings is 1. The van der Waals surface area contributed by atoms with Gasteiger partial charge in [0.25, 0.3) is 0 Å². The largest absolute Gasteiger partial charge is 0.314 e. The van der Waals surface area contributed by atoms with Gasteiger partial charge in [0.05, 0.1) is 3.79 Å². The predicted octanol–water partition coefficient (Wildman–Crippen LogP) is 3.52. The van der Waals surface area contributed by atoms with Crippen LogP contribution in [0.1, 0.15) is 31.1 Å². The van der Waals surface area contributed by atoms with Gasteiger partial charge in [-0.15, -0.1) is 11.3 Å². The molecule has 2 rings (SSSR count). The molecule has 1 aliphatic heterocycles. The normalized spacial score (nSPS) is 18.3. The number of hydrogen-bond donors (Lipinski definition) is 1. The average molecular weight is 331 g/mol. The highest BCUT2D eigenvalue weighted by Gasteiger charge is 2.18. The lowest BCUT2D eigenvalue weighted by Crippen LogP contribution is -2.43. The number of halogens is 1. The molecule has 0 amide bonds. The van der Waals surface area contributed by atoms with Crippen LogP contribution in [-0.4, -0.2) is 37.1 Å². The fourth-order valence-electron chi connectivity index (χ4n) is 2.46. The third-order valence-electron chi connectivity index (χ3n) is 3.57. The molecule has 2 heterocycles. The molecule has 0 bridgehead atoms. The van der Waals surface area contributed by atoms with E-state index in [0.717, 1.165) is 6.04 Å². The molecule has 1 aromatic rings. The van der Waals surface area contributed by atoms with Crippen molar-refractivity contribution in [2.75, 3.05) is 26.2 Å². The highest BCUT2D eigenvalue weighted by Crippen LogP contribution is 2.23. The Labute approximate surface area is 123 Å². The van der Waals surface area contributed by atoms with Crippen molar-refractivity contribution < 1.29 is 0 Å². The molecule has 4 heteroatoms. The molecule has 1 N–H and O–H groups in total. The number of nitrogens with zero attached hydrogens (tertiary/aromatic N) is 1. The minimum Gasteiger partial charge on any atom is -0.314 e. The number of likely N-dealkylation sites (tertiary alicyclic amines) is 1. The van der Waals surface area contributed by atoms with E-state index in [1.165, 1.54) is 60.5 Å². The van der Waals surface area contributed by atoms with Crippen molar-refractivity contribution >= 4 is 27.3 Å². The Hall–Kier alpha value is 0.1000. The van der Waals surface area contributed by atoms with Gasteiger partial charge in [0, 0.05) is 17.5 Å². The molecule has 0 atom stereocenters. The highest BCUT2D eigenvalue weighted by atomic mass is 79.9. The van der Waals surface area contributed by atoms with Crippen LogP contribution in [0.2, 0.25) is 0 Å². The Morgan fingerprint density at radius 1 is 1.39 bits per heavy atom. The summed E-state index contributed by atoms with van der Waals surface area (Å²) in [5.41, 5.74) is 0. The molecule has 0 radical (unpaired) electrons. The molecule has 0 saturated carbocycles. The molecule has 0 aliphatic carbocycles. The fraction of sp³-hybridized carbons (Fsp3) is 0.714. The second-order valence-electron chi connectivity index (χ2n) is 5.03. The van der Waals surface area contributed by atoms with Crippen molar-refractivity contribution in [2.24, 2.45) is 0 Å². The first-order chi connectivity index (χ1) is 8.78. The maximum absolute atomic E-state index is 3.64. The summed E-state index contributed by atoms with van der Waals surface area (Å²) in [4.78, 5) is 4.10. The smallest absolute Gasteiger partial charge is 0.0701 e. The van der Waals surface area contributed by atoms with Crippen LogP contribution in [0.5, 0.6) is 0 Å². The van der Waals surface area contributed by atoms with Crippen molar-refractivity contribution in [1.29, 1.82) is 0 Å². The van der Waals surface area contributed by atoms with Crippen LogP contribution in [-0.2, 0) is 6.42 Å². The molecule has 1 fully saturated rings. The number of hydrogen-bond acceptors (Lipinski definition) is 3. The molecule has 1 aromatic heterocycles. The Balaban J connectivity index is 1.64. The summed E-state index contributed by atoms with van der Waals surface area (Å²) in [7, 11) is 0. The Morgan fingerprint density at radius 3 is 2.78 bits per heavy atom. The summed E-state index contributed by atoms with van der Waals surface area (Å²) >= 11 is 5.39. The van der Waals surface area contributed by atoms with Gasteiger partial charge in [0.2, 0.25) is 0 Å². The van der Waals surface area contributed by atoms with Gasteiger partial charge in [-0.1, -0.05) is 6.92 Å². The van der Waals surface area contributed by atoms with Gasteiger partial charge < -0.3 is 10.2 Å². The first-order valence-corrected chi connectivity index (χ1v) is 8.59. The first-order valence-electron chi connectivity index (χ1n) is 6.98. The van der Waals surface area contributed by atoms with Crippen LogP contribution < -0.4 is 5.32 Å². The quantitative estimate of drug-likeness (QED) is 0.858. The van der Waals surface area contributed by atoms with E-state index < -0.39 is 0 Å². The van der Waals surface area contributed by atoms with Crippen molar-refractivity contribution in [3.8, 4) is 0 Å². The van der Waals surface area contributed by atoms with Crippen molar-refractivity contribution in [3.05, 3.63) is 20.8 Å². The third kappa shape index (κ3) is 4.65. The summed E-state index contributed by atoms with van der Waals surface area (Å²) in [5, 5.41) is 3.64. The first kappa shape index (κ1) is 14.5. The number of rotatable bonds is 6. The van der Waals surface area contributed by atoms with Gasteiger partial charge in [-0.3, -0.25) is 0 Å². The average Bonchev–Trinajstić information content (AvgIpc) is 2.81. The predicted molar refractivity (Wildman–Crippen MR) is 83.5 cm³/mol. The van der Waals surface area contributed by atoms with Crippen molar-refractivity contribution in [2.45, 2.75) is 38.6 Å². The maximum atomic E-state index is 3.64. The number of nitrogens with one attached hydrogen (secondary N) is 1. The lowest BCUT2D eigenvalue weighted by molar-refractivity contribution is 0.200. The fourth-order valence-corrected chi connectivity index (χ4v) is 3.94. The van der Waals surface area contributed by atoms with Crippen LogP contribution in [0.4, 0.5) is 0 Å². The summed E-state index contributed by atoms with van der Waals surface area (Å²) < 4.78 is 1.25. The van der Waals surface area contributed by atoms with Gasteiger partial charge in [-0.05, 0) is 73.4 Å². The van der Waals surface area contributed by atoms with E-state index in [1.807, 2.05) is 11.3 Å². The van der Waals surface area contributed by atoms with E-state index >= 15 is 0 Å². The van der Waals surface area contributed by atoms with Gasteiger partial charge in [0.1, 0.15) is 0 Å². The van der Waals surface area contributed by atoms with Gasteiger partial charge in [0.15, 0.2) is 0 Å². The van der Waals surface area contributed by atoms with Crippen molar-refractivity contribution in [3.63, 3.8) is 0 Å². The van der Waals surface area contributed by atoms with Crippen LogP contribution >= 0.6 is 27.3 Å². The van der Waals surface area contributed by atoms with Gasteiger partial charge in [-0.2, -0.15) is 0 Å². The summed E-state index contributed by atoms with van der Waals surface area (Å²) in [6.45, 7) is 7.14. The van der Waals surface area contributed by atoms with Crippen LogP contribution in [0.25, 0.3) is 0 Å². The lowest BCUT2D eigenvalue weighted by atomic mass is 10.0. The molecular formula is C14H23BrN2S. The SMILES string of the molecule is CCCNC1CCN(CCc2ccc(Br)s2)CC1. The van der Waals surface area contributed by atoms with E-state index in [1.54, 1.807) is 0 Å².